The van der Waals surface area contributed by atoms with E-state index in [9.17, 15) is 0 Å². The molecule has 0 spiro atoms. The third-order valence-electron chi connectivity index (χ3n) is 11.8. The Balaban J connectivity index is 1.15. The summed E-state index contributed by atoms with van der Waals surface area (Å²) >= 11 is 7.49. The van der Waals surface area contributed by atoms with E-state index in [1.165, 1.54) is 0 Å². The predicted molar refractivity (Wildman–Crippen MR) is 252 cm³/mol. The highest BCUT2D eigenvalue weighted by molar-refractivity contribution is 9.10. The molecule has 0 atom stereocenters. The second-order valence-electron chi connectivity index (χ2n) is 15.2. The monoisotopic (exact) mass is 898 g/mol. The largest absolute Gasteiger partial charge is 0.453 e. The van der Waals surface area contributed by atoms with Gasteiger partial charge >= 0.3 is 0 Å². The number of ether oxygens (including phenoxy) is 2. The van der Waals surface area contributed by atoms with Crippen LogP contribution in [-0.4, -0.2) is 9.97 Å². The molecule has 0 radical (unpaired) electrons. The van der Waals surface area contributed by atoms with Crippen molar-refractivity contribution in [3.63, 3.8) is 0 Å². The van der Waals surface area contributed by atoms with E-state index in [2.05, 4.69) is 163 Å². The summed E-state index contributed by atoms with van der Waals surface area (Å²) in [6, 6.07) is 59.2. The quantitative estimate of drug-likeness (QED) is 0.127. The number of anilines is 6. The molecule has 0 N–H and O–H groups in total. The molecule has 10 aromatic carbocycles. The zero-order valence-corrected chi connectivity index (χ0v) is 34.7. The van der Waals surface area contributed by atoms with Crippen molar-refractivity contribution in [3.8, 4) is 23.0 Å². The first-order valence-electron chi connectivity index (χ1n) is 19.7. The van der Waals surface area contributed by atoms with Crippen molar-refractivity contribution in [2.75, 3.05) is 9.80 Å². The van der Waals surface area contributed by atoms with Crippen molar-refractivity contribution in [2.45, 2.75) is 0 Å². The molecule has 8 heteroatoms. The van der Waals surface area contributed by atoms with Crippen LogP contribution >= 0.6 is 31.9 Å². The number of benzene rings is 10. The minimum Gasteiger partial charge on any atom is -0.453 e. The molecule has 0 bridgehead atoms. The third-order valence-corrected chi connectivity index (χ3v) is 12.8. The lowest BCUT2D eigenvalue weighted by atomic mass is 9.96. The number of halogens is 2. The van der Waals surface area contributed by atoms with Crippen molar-refractivity contribution < 1.29 is 9.47 Å². The molecule has 282 valence electrons. The highest BCUT2D eigenvalue weighted by atomic mass is 79.9. The summed E-state index contributed by atoms with van der Waals surface area (Å²) in [5, 5.41) is 8.53. The van der Waals surface area contributed by atoms with Crippen molar-refractivity contribution in [1.82, 2.24) is 9.97 Å². The lowest BCUT2D eigenvalue weighted by Crippen LogP contribution is -2.16. The Morgan fingerprint density at radius 2 is 0.617 bits per heavy atom. The van der Waals surface area contributed by atoms with Gasteiger partial charge in [-0.2, -0.15) is 0 Å². The van der Waals surface area contributed by atoms with E-state index in [4.69, 9.17) is 19.4 Å². The van der Waals surface area contributed by atoms with E-state index in [-0.39, 0.29) is 0 Å². The molecule has 0 saturated heterocycles. The van der Waals surface area contributed by atoms with E-state index in [0.717, 1.165) is 131 Å². The highest BCUT2D eigenvalue weighted by Gasteiger charge is 2.28. The Morgan fingerprint density at radius 3 is 0.967 bits per heavy atom. The molecule has 60 heavy (non-hydrogen) atoms. The summed E-state index contributed by atoms with van der Waals surface area (Å²) < 4.78 is 14.9. The van der Waals surface area contributed by atoms with Crippen LogP contribution in [0, 0.1) is 0 Å². The first-order valence-corrected chi connectivity index (χ1v) is 21.3. The van der Waals surface area contributed by atoms with Crippen molar-refractivity contribution >= 4 is 131 Å². The standard InChI is InChI=1S/C52H28Br2N4O2/c53-29-17-21-33-37(25-29)38-26-30(54)18-22-34(38)50-49(33)55-51-35-23-19-31(57-41-9-1-5-13-45(41)59-46-14-6-2-10-42(46)57)27-39(35)40-28-32(20-24-36(40)52(51)56-50)58-43-11-3-7-15-47(43)60-48-16-8-4-12-44(48)58/h1-28H. The Hall–Kier alpha value is -7.00. The SMILES string of the molecule is Brc1ccc2c(c1)c1cc(Br)ccc1c1nc3c4ccc(N5c6ccccc6Oc6ccccc65)cc4c4cc(N5c6ccccc6Oc6ccccc65)ccc4c3nc21. The maximum absolute atomic E-state index is 6.42. The average molecular weight is 901 g/mol. The summed E-state index contributed by atoms with van der Waals surface area (Å²) in [5.74, 6) is 3.23. The molecule has 0 amide bonds. The van der Waals surface area contributed by atoms with Gasteiger partial charge < -0.3 is 19.3 Å². The minimum atomic E-state index is 0.807. The maximum Gasteiger partial charge on any atom is 0.151 e. The average Bonchev–Trinajstić information content (AvgIpc) is 3.29. The number of hydrogen-bond acceptors (Lipinski definition) is 6. The summed E-state index contributed by atoms with van der Waals surface area (Å²) in [7, 11) is 0. The van der Waals surface area contributed by atoms with Gasteiger partial charge in [-0.15, -0.1) is 0 Å². The van der Waals surface area contributed by atoms with Crippen LogP contribution in [0.5, 0.6) is 23.0 Å². The number of para-hydroxylation sites is 8. The number of fused-ring (bicyclic) bond motifs is 16. The molecule has 13 rings (SSSR count). The summed E-state index contributed by atoms with van der Waals surface area (Å²) in [4.78, 5) is 15.8. The van der Waals surface area contributed by atoms with Crippen LogP contribution in [0.2, 0.25) is 0 Å². The number of nitrogens with zero attached hydrogens (tertiary/aromatic N) is 4. The van der Waals surface area contributed by atoms with Crippen molar-refractivity contribution in [3.05, 3.63) is 179 Å². The van der Waals surface area contributed by atoms with E-state index in [1.807, 2.05) is 48.5 Å². The lowest BCUT2D eigenvalue weighted by Gasteiger charge is -2.33. The van der Waals surface area contributed by atoms with Gasteiger partial charge in [-0.05, 0) is 119 Å². The van der Waals surface area contributed by atoms with Crippen molar-refractivity contribution in [2.24, 2.45) is 0 Å². The fraction of sp³-hybridized carbons (Fsp3) is 0. The molecular formula is C52H28Br2N4O2. The summed E-state index contributed by atoms with van der Waals surface area (Å²) in [6.45, 7) is 0. The number of aromatic nitrogens is 2. The second kappa shape index (κ2) is 12.7. The topological polar surface area (TPSA) is 50.7 Å². The number of rotatable bonds is 2. The fourth-order valence-electron chi connectivity index (χ4n) is 9.25. The maximum atomic E-state index is 6.42. The van der Waals surface area contributed by atoms with E-state index in [0.29, 0.717) is 0 Å². The van der Waals surface area contributed by atoms with Gasteiger partial charge in [0.2, 0.25) is 0 Å². The minimum absolute atomic E-state index is 0.807. The van der Waals surface area contributed by atoms with Crippen LogP contribution in [0.25, 0.3) is 65.2 Å². The van der Waals surface area contributed by atoms with Gasteiger partial charge in [0.25, 0.3) is 0 Å². The van der Waals surface area contributed by atoms with Crippen molar-refractivity contribution in [1.29, 1.82) is 0 Å². The third kappa shape index (κ3) is 4.92. The molecule has 0 aliphatic carbocycles. The summed E-state index contributed by atoms with van der Waals surface area (Å²) in [6.07, 6.45) is 0. The van der Waals surface area contributed by atoms with E-state index >= 15 is 0 Å². The van der Waals surface area contributed by atoms with Crippen LogP contribution in [0.4, 0.5) is 34.1 Å². The molecule has 11 aromatic rings. The molecule has 3 heterocycles. The van der Waals surface area contributed by atoms with Gasteiger partial charge in [-0.3, -0.25) is 0 Å². The van der Waals surface area contributed by atoms with Crippen LogP contribution in [-0.2, 0) is 0 Å². The Kier molecular flexibility index (Phi) is 7.21. The Labute approximate surface area is 360 Å². The van der Waals surface area contributed by atoms with Crippen LogP contribution in [0.1, 0.15) is 0 Å². The van der Waals surface area contributed by atoms with Crippen LogP contribution < -0.4 is 19.3 Å². The zero-order valence-electron chi connectivity index (χ0n) is 31.5. The molecule has 1 aromatic heterocycles. The van der Waals surface area contributed by atoms with Gasteiger partial charge in [0, 0.05) is 41.9 Å². The lowest BCUT2D eigenvalue weighted by molar-refractivity contribution is 0.477. The Bertz CT molecular complexity index is 3350. The predicted octanol–water partition coefficient (Wildman–Crippen LogP) is 16.1. The van der Waals surface area contributed by atoms with E-state index in [1.54, 1.807) is 0 Å². The molecule has 0 saturated carbocycles. The molecule has 2 aliphatic heterocycles. The van der Waals surface area contributed by atoms with Gasteiger partial charge in [-0.1, -0.05) is 105 Å². The normalized spacial score (nSPS) is 13.0. The molecule has 0 fully saturated rings. The van der Waals surface area contributed by atoms with Gasteiger partial charge in [0.05, 0.1) is 44.8 Å². The first-order chi connectivity index (χ1) is 29.6. The van der Waals surface area contributed by atoms with Gasteiger partial charge in [0.1, 0.15) is 0 Å². The van der Waals surface area contributed by atoms with E-state index < -0.39 is 0 Å². The molecule has 2 aliphatic rings. The molecular weight excluding hydrogens is 872 g/mol. The summed E-state index contributed by atoms with van der Waals surface area (Å²) in [5.41, 5.74) is 9.39. The zero-order chi connectivity index (χ0) is 39.6. The first kappa shape index (κ1) is 33.9. The smallest absolute Gasteiger partial charge is 0.151 e. The molecule has 0 unspecified atom stereocenters. The fourth-order valence-corrected chi connectivity index (χ4v) is 9.97. The van der Waals surface area contributed by atoms with Crippen LogP contribution in [0.3, 0.4) is 0 Å². The second-order valence-corrected chi connectivity index (χ2v) is 17.0. The molecule has 6 nitrogen and oxygen atoms in total. The Morgan fingerprint density at radius 1 is 0.317 bits per heavy atom. The van der Waals surface area contributed by atoms with Gasteiger partial charge in [-0.25, -0.2) is 9.97 Å². The van der Waals surface area contributed by atoms with Crippen LogP contribution in [0.15, 0.2) is 179 Å². The highest BCUT2D eigenvalue weighted by Crippen LogP contribution is 2.53. The number of hydrogen-bond donors (Lipinski definition) is 0. The van der Waals surface area contributed by atoms with Gasteiger partial charge in [0.15, 0.2) is 23.0 Å².